The first kappa shape index (κ1) is 11.5. The van der Waals surface area contributed by atoms with Crippen molar-refractivity contribution in [2.45, 2.75) is 39.4 Å². The first-order chi connectivity index (χ1) is 7.69. The molecule has 5 nitrogen and oxygen atoms in total. The molecule has 0 aliphatic carbocycles. The van der Waals surface area contributed by atoms with Crippen LogP contribution in [0.15, 0.2) is 6.20 Å². The van der Waals surface area contributed by atoms with Crippen molar-refractivity contribution in [2.24, 2.45) is 11.7 Å². The lowest BCUT2D eigenvalue weighted by molar-refractivity contribution is 0.253. The molecule has 1 aromatic rings. The highest BCUT2D eigenvalue weighted by Crippen LogP contribution is 2.23. The number of nitrogens with two attached hydrogens (primary N) is 1. The molecule has 2 N–H and O–H groups in total. The maximum atomic E-state index is 5.47. The van der Waals surface area contributed by atoms with Gasteiger partial charge in [-0.3, -0.25) is 9.58 Å². The molecule has 2 unspecified atom stereocenters. The Morgan fingerprint density at radius 2 is 2.31 bits per heavy atom. The molecule has 0 saturated carbocycles. The standard InChI is InChI=1S/C11H21N5/c1-9-5-10(2)15(6-9)7-11-8-16(4-3-12)14-13-11/h8-10H,3-7,12H2,1-2H3. The van der Waals surface area contributed by atoms with Crippen molar-refractivity contribution in [1.29, 1.82) is 0 Å². The molecule has 0 radical (unpaired) electrons. The molecule has 1 saturated heterocycles. The molecule has 16 heavy (non-hydrogen) atoms. The Balaban J connectivity index is 1.93. The predicted molar refractivity (Wildman–Crippen MR) is 62.7 cm³/mol. The molecule has 5 heteroatoms. The van der Waals surface area contributed by atoms with Crippen LogP contribution in [-0.4, -0.2) is 39.0 Å². The zero-order chi connectivity index (χ0) is 11.5. The Bertz CT molecular complexity index is 335. The van der Waals surface area contributed by atoms with Crippen LogP contribution < -0.4 is 5.73 Å². The maximum Gasteiger partial charge on any atom is 0.0967 e. The third-order valence-corrected chi connectivity index (χ3v) is 3.22. The van der Waals surface area contributed by atoms with Crippen LogP contribution in [0.5, 0.6) is 0 Å². The second-order valence-corrected chi connectivity index (χ2v) is 4.88. The fraction of sp³-hybridized carbons (Fsp3) is 0.818. The van der Waals surface area contributed by atoms with Gasteiger partial charge in [0, 0.05) is 31.9 Å². The van der Waals surface area contributed by atoms with E-state index in [0.717, 1.165) is 24.7 Å². The molecule has 2 atom stereocenters. The molecule has 2 heterocycles. The Labute approximate surface area is 96.6 Å². The van der Waals surface area contributed by atoms with Crippen LogP contribution in [0.25, 0.3) is 0 Å². The van der Waals surface area contributed by atoms with Crippen molar-refractivity contribution in [3.63, 3.8) is 0 Å². The summed E-state index contributed by atoms with van der Waals surface area (Å²) in [6.45, 7) is 8.04. The molecular formula is C11H21N5. The molecule has 1 fully saturated rings. The van der Waals surface area contributed by atoms with Gasteiger partial charge in [-0.1, -0.05) is 12.1 Å². The second kappa shape index (κ2) is 4.93. The SMILES string of the molecule is CC1CC(C)N(Cc2cn(CCN)nn2)C1. The molecule has 2 rings (SSSR count). The van der Waals surface area contributed by atoms with Crippen LogP contribution in [0.1, 0.15) is 26.0 Å². The van der Waals surface area contributed by atoms with Gasteiger partial charge in [-0.25, -0.2) is 0 Å². The van der Waals surface area contributed by atoms with E-state index in [1.165, 1.54) is 13.0 Å². The minimum Gasteiger partial charge on any atom is -0.329 e. The first-order valence-electron chi connectivity index (χ1n) is 6.02. The van der Waals surface area contributed by atoms with Crippen molar-refractivity contribution >= 4 is 0 Å². The van der Waals surface area contributed by atoms with E-state index in [4.69, 9.17) is 5.73 Å². The lowest BCUT2D eigenvalue weighted by atomic mass is 10.1. The van der Waals surface area contributed by atoms with Gasteiger partial charge in [0.1, 0.15) is 0 Å². The largest absolute Gasteiger partial charge is 0.329 e. The molecule has 0 bridgehead atoms. The number of likely N-dealkylation sites (tertiary alicyclic amines) is 1. The fourth-order valence-corrected chi connectivity index (χ4v) is 2.47. The number of rotatable bonds is 4. The summed E-state index contributed by atoms with van der Waals surface area (Å²) in [6.07, 6.45) is 3.29. The molecule has 0 amide bonds. The minimum absolute atomic E-state index is 0.611. The minimum atomic E-state index is 0.611. The van der Waals surface area contributed by atoms with E-state index in [1.807, 2.05) is 10.9 Å². The van der Waals surface area contributed by atoms with Crippen LogP contribution in [0.2, 0.25) is 0 Å². The Hall–Kier alpha value is -0.940. The summed E-state index contributed by atoms with van der Waals surface area (Å²) < 4.78 is 1.82. The highest BCUT2D eigenvalue weighted by Gasteiger charge is 2.26. The van der Waals surface area contributed by atoms with E-state index in [1.54, 1.807) is 0 Å². The summed E-state index contributed by atoms with van der Waals surface area (Å²) in [4.78, 5) is 2.47. The van der Waals surface area contributed by atoms with Crippen LogP contribution in [0.3, 0.4) is 0 Å². The van der Waals surface area contributed by atoms with Gasteiger partial charge >= 0.3 is 0 Å². The van der Waals surface area contributed by atoms with Crippen molar-refractivity contribution in [3.05, 3.63) is 11.9 Å². The van der Waals surface area contributed by atoms with Gasteiger partial charge in [-0.15, -0.1) is 5.10 Å². The summed E-state index contributed by atoms with van der Waals surface area (Å²) >= 11 is 0. The first-order valence-corrected chi connectivity index (χ1v) is 6.02. The lowest BCUT2D eigenvalue weighted by Gasteiger charge is -2.18. The monoisotopic (exact) mass is 223 g/mol. The molecule has 90 valence electrons. The van der Waals surface area contributed by atoms with Crippen LogP contribution in [0, 0.1) is 5.92 Å². The molecular weight excluding hydrogens is 202 g/mol. The van der Waals surface area contributed by atoms with Gasteiger partial charge in [-0.2, -0.15) is 0 Å². The van der Waals surface area contributed by atoms with Gasteiger partial charge in [-0.05, 0) is 19.3 Å². The number of nitrogens with zero attached hydrogens (tertiary/aromatic N) is 4. The van der Waals surface area contributed by atoms with Gasteiger partial charge in [0.2, 0.25) is 0 Å². The topological polar surface area (TPSA) is 60.0 Å². The quantitative estimate of drug-likeness (QED) is 0.806. The number of hydrogen-bond donors (Lipinski definition) is 1. The summed E-state index contributed by atoms with van der Waals surface area (Å²) in [5.74, 6) is 0.800. The van der Waals surface area contributed by atoms with E-state index in [-0.39, 0.29) is 0 Å². The van der Waals surface area contributed by atoms with Crippen LogP contribution in [-0.2, 0) is 13.1 Å². The van der Waals surface area contributed by atoms with Crippen molar-refractivity contribution in [2.75, 3.05) is 13.1 Å². The van der Waals surface area contributed by atoms with Gasteiger partial charge in [0.25, 0.3) is 0 Å². The summed E-state index contributed by atoms with van der Waals surface area (Å²) in [5.41, 5.74) is 6.52. The Kier molecular flexibility index (Phi) is 3.56. The van der Waals surface area contributed by atoms with Gasteiger partial charge < -0.3 is 5.73 Å². The number of hydrogen-bond acceptors (Lipinski definition) is 4. The smallest absolute Gasteiger partial charge is 0.0967 e. The van der Waals surface area contributed by atoms with E-state index in [0.29, 0.717) is 12.6 Å². The van der Waals surface area contributed by atoms with Crippen LogP contribution in [0.4, 0.5) is 0 Å². The van der Waals surface area contributed by atoms with Crippen molar-refractivity contribution in [3.8, 4) is 0 Å². The summed E-state index contributed by atoms with van der Waals surface area (Å²) in [6, 6.07) is 0.662. The zero-order valence-electron chi connectivity index (χ0n) is 10.1. The molecule has 1 aromatic heterocycles. The molecule has 1 aliphatic heterocycles. The van der Waals surface area contributed by atoms with E-state index in [9.17, 15) is 0 Å². The van der Waals surface area contributed by atoms with Gasteiger partial charge in [0.15, 0.2) is 0 Å². The van der Waals surface area contributed by atoms with Crippen molar-refractivity contribution in [1.82, 2.24) is 19.9 Å². The average Bonchev–Trinajstić information content (AvgIpc) is 2.76. The second-order valence-electron chi connectivity index (χ2n) is 4.88. The third-order valence-electron chi connectivity index (χ3n) is 3.22. The highest BCUT2D eigenvalue weighted by molar-refractivity contribution is 4.94. The molecule has 0 spiro atoms. The van der Waals surface area contributed by atoms with E-state index < -0.39 is 0 Å². The predicted octanol–water partition coefficient (Wildman–Crippen LogP) is 0.467. The van der Waals surface area contributed by atoms with E-state index in [2.05, 4.69) is 29.1 Å². The number of aromatic nitrogens is 3. The lowest BCUT2D eigenvalue weighted by Crippen LogP contribution is -2.26. The molecule has 1 aliphatic rings. The third kappa shape index (κ3) is 2.59. The normalized spacial score (nSPS) is 26.4. The fourth-order valence-electron chi connectivity index (χ4n) is 2.47. The summed E-state index contributed by atoms with van der Waals surface area (Å²) in [5, 5.41) is 8.23. The highest BCUT2D eigenvalue weighted by atomic mass is 15.4. The van der Waals surface area contributed by atoms with E-state index >= 15 is 0 Å². The van der Waals surface area contributed by atoms with Gasteiger partial charge in [0.05, 0.1) is 12.2 Å². The average molecular weight is 223 g/mol. The van der Waals surface area contributed by atoms with Crippen molar-refractivity contribution < 1.29 is 0 Å². The zero-order valence-corrected chi connectivity index (χ0v) is 10.1. The maximum absolute atomic E-state index is 5.47. The van der Waals surface area contributed by atoms with Crippen LogP contribution >= 0.6 is 0 Å². The summed E-state index contributed by atoms with van der Waals surface area (Å²) in [7, 11) is 0. The Morgan fingerprint density at radius 3 is 2.94 bits per heavy atom. The Morgan fingerprint density at radius 1 is 1.50 bits per heavy atom. The molecule has 0 aromatic carbocycles.